The molecule has 102 valence electrons. The van der Waals surface area contributed by atoms with Crippen LogP contribution in [0.1, 0.15) is 32.0 Å². The minimum Gasteiger partial charge on any atom is -0.491 e. The van der Waals surface area contributed by atoms with Gasteiger partial charge in [-0.05, 0) is 31.2 Å². The molecule has 0 fully saturated rings. The van der Waals surface area contributed by atoms with Crippen molar-refractivity contribution in [3.63, 3.8) is 0 Å². The molecular weight excluding hydrogens is 258 g/mol. The van der Waals surface area contributed by atoms with Crippen LogP contribution in [0.15, 0.2) is 34.9 Å². The standard InChI is InChI=1S/C15H13NO4/c1-9-6-11(8-20-9)14(17)10-2-3-13-12(7-10)15(18)16-4-5-19-13/h2-3,6-8H,4-5H2,1H3,(H,16,18). The Balaban J connectivity index is 1.99. The topological polar surface area (TPSA) is 68.5 Å². The van der Waals surface area contributed by atoms with Gasteiger partial charge in [0.15, 0.2) is 5.78 Å². The predicted octanol–water partition coefficient (Wildman–Crippen LogP) is 1.94. The molecule has 0 unspecified atom stereocenters. The highest BCUT2D eigenvalue weighted by atomic mass is 16.5. The molecule has 0 spiro atoms. The quantitative estimate of drug-likeness (QED) is 0.847. The Morgan fingerprint density at radius 3 is 2.85 bits per heavy atom. The molecule has 0 atom stereocenters. The number of carbonyl (C=O) groups is 2. The maximum atomic E-state index is 12.3. The van der Waals surface area contributed by atoms with Gasteiger partial charge in [0.2, 0.25) is 0 Å². The molecule has 1 amide bonds. The minimum atomic E-state index is -0.226. The summed E-state index contributed by atoms with van der Waals surface area (Å²) in [5.41, 5.74) is 1.29. The Bertz CT molecular complexity index is 687. The van der Waals surface area contributed by atoms with E-state index in [4.69, 9.17) is 9.15 Å². The third-order valence-corrected chi connectivity index (χ3v) is 3.12. The van der Waals surface area contributed by atoms with Gasteiger partial charge in [0, 0.05) is 5.56 Å². The smallest absolute Gasteiger partial charge is 0.255 e. The summed E-state index contributed by atoms with van der Waals surface area (Å²) >= 11 is 0. The fraction of sp³-hybridized carbons (Fsp3) is 0.200. The summed E-state index contributed by atoms with van der Waals surface area (Å²) in [5, 5.41) is 2.72. The zero-order chi connectivity index (χ0) is 14.1. The van der Waals surface area contributed by atoms with Crippen LogP contribution >= 0.6 is 0 Å². The molecule has 1 aromatic carbocycles. The first-order chi connectivity index (χ1) is 9.65. The third kappa shape index (κ3) is 2.18. The normalized spacial score (nSPS) is 13.9. The van der Waals surface area contributed by atoms with Crippen molar-refractivity contribution in [3.8, 4) is 5.75 Å². The summed E-state index contributed by atoms with van der Waals surface area (Å²) in [7, 11) is 0. The number of aryl methyl sites for hydroxylation is 1. The lowest BCUT2D eigenvalue weighted by Crippen LogP contribution is -2.24. The number of nitrogens with one attached hydrogen (secondary N) is 1. The number of ether oxygens (including phenoxy) is 1. The second-order valence-electron chi connectivity index (χ2n) is 4.59. The van der Waals surface area contributed by atoms with E-state index < -0.39 is 0 Å². The molecule has 0 bridgehead atoms. The van der Waals surface area contributed by atoms with E-state index in [2.05, 4.69) is 5.32 Å². The lowest BCUT2D eigenvalue weighted by Gasteiger charge is -2.06. The SMILES string of the molecule is Cc1cc(C(=O)c2ccc3c(c2)C(=O)NCCO3)co1. The number of carbonyl (C=O) groups excluding carboxylic acids is 2. The molecule has 1 aliphatic heterocycles. The molecule has 5 heteroatoms. The number of hydrogen-bond donors (Lipinski definition) is 1. The van der Waals surface area contributed by atoms with Gasteiger partial charge in [0.05, 0.1) is 17.7 Å². The molecule has 2 heterocycles. The van der Waals surface area contributed by atoms with E-state index in [-0.39, 0.29) is 11.7 Å². The maximum Gasteiger partial charge on any atom is 0.255 e. The fourth-order valence-electron chi connectivity index (χ4n) is 2.12. The molecule has 0 saturated carbocycles. The average molecular weight is 271 g/mol. The molecule has 0 saturated heterocycles. The van der Waals surface area contributed by atoms with Crippen LogP contribution < -0.4 is 10.1 Å². The van der Waals surface area contributed by atoms with Crippen LogP contribution in [0, 0.1) is 6.92 Å². The molecule has 1 aromatic heterocycles. The highest BCUT2D eigenvalue weighted by molar-refractivity contribution is 6.10. The number of benzene rings is 1. The van der Waals surface area contributed by atoms with Crippen LogP contribution in [0.4, 0.5) is 0 Å². The number of furan rings is 1. The van der Waals surface area contributed by atoms with E-state index in [0.29, 0.717) is 41.4 Å². The number of ketones is 1. The second kappa shape index (κ2) is 4.85. The molecule has 0 aliphatic carbocycles. The number of hydrogen-bond acceptors (Lipinski definition) is 4. The van der Waals surface area contributed by atoms with Gasteiger partial charge in [-0.25, -0.2) is 0 Å². The highest BCUT2D eigenvalue weighted by Gasteiger charge is 2.19. The van der Waals surface area contributed by atoms with Crippen LogP contribution in [0.3, 0.4) is 0 Å². The van der Waals surface area contributed by atoms with Crippen molar-refractivity contribution in [3.05, 3.63) is 53.0 Å². The van der Waals surface area contributed by atoms with Gasteiger partial charge < -0.3 is 14.5 Å². The van der Waals surface area contributed by atoms with Gasteiger partial charge in [-0.2, -0.15) is 0 Å². The van der Waals surface area contributed by atoms with Crippen molar-refractivity contribution < 1.29 is 18.7 Å². The van der Waals surface area contributed by atoms with Gasteiger partial charge in [-0.15, -0.1) is 0 Å². The van der Waals surface area contributed by atoms with E-state index in [1.807, 2.05) is 0 Å². The van der Waals surface area contributed by atoms with E-state index in [0.717, 1.165) is 0 Å². The summed E-state index contributed by atoms with van der Waals surface area (Å²) in [5.74, 6) is 0.765. The van der Waals surface area contributed by atoms with Crippen LogP contribution in [0.5, 0.6) is 5.75 Å². The summed E-state index contributed by atoms with van der Waals surface area (Å²) in [6, 6.07) is 6.54. The van der Waals surface area contributed by atoms with Gasteiger partial charge >= 0.3 is 0 Å². The Morgan fingerprint density at radius 1 is 1.25 bits per heavy atom. The van der Waals surface area contributed by atoms with E-state index in [1.165, 1.54) is 6.26 Å². The molecule has 5 nitrogen and oxygen atoms in total. The van der Waals surface area contributed by atoms with Crippen molar-refractivity contribution >= 4 is 11.7 Å². The molecule has 20 heavy (non-hydrogen) atoms. The maximum absolute atomic E-state index is 12.3. The predicted molar refractivity (Wildman–Crippen MR) is 71.1 cm³/mol. The van der Waals surface area contributed by atoms with Crippen molar-refractivity contribution in [1.82, 2.24) is 5.32 Å². The summed E-state index contributed by atoms with van der Waals surface area (Å²) < 4.78 is 10.6. The fourth-order valence-corrected chi connectivity index (χ4v) is 2.12. The van der Waals surface area contributed by atoms with E-state index in [1.54, 1.807) is 31.2 Å². The Morgan fingerprint density at radius 2 is 2.10 bits per heavy atom. The molecule has 2 aromatic rings. The molecule has 1 N–H and O–H groups in total. The van der Waals surface area contributed by atoms with Crippen LogP contribution in [-0.4, -0.2) is 24.8 Å². The van der Waals surface area contributed by atoms with Crippen molar-refractivity contribution in [2.24, 2.45) is 0 Å². The van der Waals surface area contributed by atoms with Gasteiger partial charge in [-0.3, -0.25) is 9.59 Å². The molecule has 3 rings (SSSR count). The summed E-state index contributed by atoms with van der Waals surface area (Å²) in [4.78, 5) is 24.2. The first-order valence-electron chi connectivity index (χ1n) is 6.30. The first kappa shape index (κ1) is 12.5. The first-order valence-corrected chi connectivity index (χ1v) is 6.30. The number of fused-ring (bicyclic) bond motifs is 1. The van der Waals surface area contributed by atoms with Crippen LogP contribution in [0.25, 0.3) is 0 Å². The Kier molecular flexibility index (Phi) is 3.02. The summed E-state index contributed by atoms with van der Waals surface area (Å²) in [6.07, 6.45) is 1.42. The largest absolute Gasteiger partial charge is 0.491 e. The lowest BCUT2D eigenvalue weighted by atomic mass is 10.0. The van der Waals surface area contributed by atoms with Crippen molar-refractivity contribution in [1.29, 1.82) is 0 Å². The highest BCUT2D eigenvalue weighted by Crippen LogP contribution is 2.23. The van der Waals surface area contributed by atoms with Gasteiger partial charge in [0.1, 0.15) is 24.4 Å². The zero-order valence-electron chi connectivity index (χ0n) is 10.9. The number of rotatable bonds is 2. The van der Waals surface area contributed by atoms with Gasteiger partial charge in [0.25, 0.3) is 5.91 Å². The monoisotopic (exact) mass is 271 g/mol. The minimum absolute atomic E-state index is 0.179. The van der Waals surface area contributed by atoms with Crippen molar-refractivity contribution in [2.75, 3.05) is 13.2 Å². The third-order valence-electron chi connectivity index (χ3n) is 3.12. The van der Waals surface area contributed by atoms with Crippen LogP contribution in [-0.2, 0) is 0 Å². The van der Waals surface area contributed by atoms with Crippen LogP contribution in [0.2, 0.25) is 0 Å². The average Bonchev–Trinajstić information content (AvgIpc) is 2.80. The molecule has 0 radical (unpaired) electrons. The van der Waals surface area contributed by atoms with Gasteiger partial charge in [-0.1, -0.05) is 0 Å². The molecular formula is C15H13NO4. The molecule has 1 aliphatic rings. The van der Waals surface area contributed by atoms with E-state index in [9.17, 15) is 9.59 Å². The Hall–Kier alpha value is -2.56. The second-order valence-corrected chi connectivity index (χ2v) is 4.59. The number of amides is 1. The zero-order valence-corrected chi connectivity index (χ0v) is 10.9. The van der Waals surface area contributed by atoms with E-state index >= 15 is 0 Å². The summed E-state index contributed by atoms with van der Waals surface area (Å²) in [6.45, 7) is 2.65. The Labute approximate surface area is 115 Å². The lowest BCUT2D eigenvalue weighted by molar-refractivity contribution is 0.0957. The van der Waals surface area contributed by atoms with Crippen molar-refractivity contribution in [2.45, 2.75) is 6.92 Å².